The summed E-state index contributed by atoms with van der Waals surface area (Å²) in [5.74, 6) is -0.193. The second kappa shape index (κ2) is 73.8. The summed E-state index contributed by atoms with van der Waals surface area (Å²) in [6, 6.07) is -0.826. The van der Waals surface area contributed by atoms with Gasteiger partial charge in [-0.25, -0.2) is 0 Å². The Balaban J connectivity index is 1.54. The largest absolute Gasteiger partial charge is 0.394 e. The average molecular weight is 1470 g/mol. The van der Waals surface area contributed by atoms with Crippen LogP contribution in [0.25, 0.3) is 0 Å². The standard InChI is InChI=1S/C89H175NO13/c1-3-5-7-9-11-13-15-17-19-21-23-25-27-29-31-33-35-36-37-38-39-40-41-43-45-47-49-51-53-55-57-59-61-63-65-67-69-71-73-81(94)90-77(76-100-88-86(99)84(97)87(80(75-92)102-88)103-89-85(98)83(96)82(95)79(74-91)101-89)78(93)72-70-68-66-64-62-60-58-56-54-52-50-48-46-44-42-34-32-30-28-26-24-22-20-18-16-14-12-10-8-6-4-2/h77-80,82-89,91-93,95-99H,3-76H2,1-2H3,(H,90,94). The fourth-order valence-electron chi connectivity index (χ4n) is 15.9. The summed E-state index contributed by atoms with van der Waals surface area (Å²) in [5, 5.41) is 88.1. The van der Waals surface area contributed by atoms with Crippen molar-refractivity contribution in [1.29, 1.82) is 0 Å². The number of ether oxygens (including phenoxy) is 4. The number of amides is 1. The highest BCUT2D eigenvalue weighted by Gasteiger charge is 2.51. The third-order valence-corrected chi connectivity index (χ3v) is 23.1. The van der Waals surface area contributed by atoms with Crippen LogP contribution in [-0.4, -0.2) is 140 Å². The molecule has 2 aliphatic rings. The molecule has 1 amide bonds. The Kier molecular flexibility index (Phi) is 70.2. The lowest BCUT2D eigenvalue weighted by molar-refractivity contribution is -0.359. The van der Waals surface area contributed by atoms with Crippen LogP contribution in [0.4, 0.5) is 0 Å². The molecule has 9 N–H and O–H groups in total. The molecule has 0 radical (unpaired) electrons. The van der Waals surface area contributed by atoms with E-state index < -0.39 is 86.8 Å². The van der Waals surface area contributed by atoms with Gasteiger partial charge in [-0.15, -0.1) is 0 Å². The van der Waals surface area contributed by atoms with E-state index in [2.05, 4.69) is 19.2 Å². The van der Waals surface area contributed by atoms with Crippen molar-refractivity contribution in [3.63, 3.8) is 0 Å². The van der Waals surface area contributed by atoms with E-state index in [1.165, 1.54) is 392 Å². The van der Waals surface area contributed by atoms with Gasteiger partial charge in [0.1, 0.15) is 48.8 Å². The second-order valence-electron chi connectivity index (χ2n) is 32.8. The number of hydrogen-bond donors (Lipinski definition) is 9. The topological polar surface area (TPSA) is 228 Å². The minimum Gasteiger partial charge on any atom is -0.394 e. The Hall–Kier alpha value is -1.01. The molecule has 0 spiro atoms. The second-order valence-corrected chi connectivity index (χ2v) is 32.8. The molecule has 614 valence electrons. The van der Waals surface area contributed by atoms with Crippen LogP contribution in [0.3, 0.4) is 0 Å². The van der Waals surface area contributed by atoms with Crippen LogP contribution in [0.1, 0.15) is 470 Å². The SMILES string of the molecule is CCCCCCCCCCCCCCCCCCCCCCCCCCCCCCCCCCCCCCCCC(=O)NC(COC1OC(CO)C(OC2OC(CO)C(O)C(O)C2O)C(O)C1O)C(O)CCCCCCCCCCCCCCCCCCCCCCCCCCCCCCCCC. The summed E-state index contributed by atoms with van der Waals surface area (Å²) in [5.41, 5.74) is 0. The molecular weight excluding hydrogens is 1290 g/mol. The zero-order valence-electron chi connectivity index (χ0n) is 67.9. The van der Waals surface area contributed by atoms with Gasteiger partial charge >= 0.3 is 0 Å². The van der Waals surface area contributed by atoms with Gasteiger partial charge in [0.25, 0.3) is 0 Å². The van der Waals surface area contributed by atoms with Gasteiger partial charge < -0.3 is 65.1 Å². The Bertz CT molecular complexity index is 1730. The molecule has 0 aliphatic carbocycles. The molecule has 0 aromatic heterocycles. The van der Waals surface area contributed by atoms with Crippen LogP contribution in [-0.2, 0) is 23.7 Å². The van der Waals surface area contributed by atoms with Crippen molar-refractivity contribution >= 4 is 5.91 Å². The quantitative estimate of drug-likeness (QED) is 0.0259. The monoisotopic (exact) mass is 1470 g/mol. The van der Waals surface area contributed by atoms with Gasteiger partial charge in [0, 0.05) is 6.42 Å². The number of hydrogen-bond acceptors (Lipinski definition) is 13. The van der Waals surface area contributed by atoms with E-state index in [1.54, 1.807) is 0 Å². The van der Waals surface area contributed by atoms with Crippen LogP contribution in [0.5, 0.6) is 0 Å². The van der Waals surface area contributed by atoms with Gasteiger partial charge in [0.05, 0.1) is 32.0 Å². The Morgan fingerprint density at radius 3 is 0.825 bits per heavy atom. The van der Waals surface area contributed by atoms with E-state index in [0.29, 0.717) is 12.8 Å². The lowest BCUT2D eigenvalue weighted by atomic mass is 9.97. The van der Waals surface area contributed by atoms with Gasteiger partial charge in [0.2, 0.25) is 5.91 Å². The van der Waals surface area contributed by atoms with Crippen molar-refractivity contribution < 1.29 is 64.6 Å². The van der Waals surface area contributed by atoms with Crippen LogP contribution in [0.2, 0.25) is 0 Å². The average Bonchev–Trinajstić information content (AvgIpc) is 0.791. The first kappa shape index (κ1) is 98.1. The molecule has 2 heterocycles. The number of unbranched alkanes of at least 4 members (excludes halogenated alkanes) is 67. The molecule has 0 aromatic rings. The van der Waals surface area contributed by atoms with Crippen LogP contribution in [0, 0.1) is 0 Å². The van der Waals surface area contributed by atoms with E-state index in [-0.39, 0.29) is 12.5 Å². The molecule has 14 heteroatoms. The summed E-state index contributed by atoms with van der Waals surface area (Å²) in [6.07, 6.45) is 77.7. The van der Waals surface area contributed by atoms with Crippen molar-refractivity contribution in [3.05, 3.63) is 0 Å². The summed E-state index contributed by atoms with van der Waals surface area (Å²) in [4.78, 5) is 13.4. The number of aliphatic hydroxyl groups is 8. The number of aliphatic hydroxyl groups excluding tert-OH is 8. The van der Waals surface area contributed by atoms with Crippen molar-refractivity contribution in [3.8, 4) is 0 Å². The van der Waals surface area contributed by atoms with Crippen molar-refractivity contribution in [2.45, 2.75) is 543 Å². The van der Waals surface area contributed by atoms with E-state index in [0.717, 1.165) is 51.4 Å². The van der Waals surface area contributed by atoms with Crippen LogP contribution >= 0.6 is 0 Å². The Labute approximate surface area is 635 Å². The summed E-state index contributed by atoms with van der Waals surface area (Å²) in [6.45, 7) is 2.96. The first-order valence-electron chi connectivity index (χ1n) is 45.8. The molecule has 12 atom stereocenters. The maximum atomic E-state index is 13.4. The molecule has 2 saturated heterocycles. The molecule has 14 nitrogen and oxygen atoms in total. The maximum absolute atomic E-state index is 13.4. The van der Waals surface area contributed by atoms with E-state index in [1.807, 2.05) is 0 Å². The summed E-state index contributed by atoms with van der Waals surface area (Å²) >= 11 is 0. The molecule has 2 fully saturated rings. The van der Waals surface area contributed by atoms with Crippen LogP contribution < -0.4 is 5.32 Å². The normalized spacial score (nSPS) is 21.4. The predicted octanol–water partition coefficient (Wildman–Crippen LogP) is 22.2. The van der Waals surface area contributed by atoms with Crippen molar-refractivity contribution in [2.75, 3.05) is 19.8 Å². The molecule has 0 bridgehead atoms. The fourth-order valence-corrected chi connectivity index (χ4v) is 15.9. The zero-order chi connectivity index (χ0) is 74.4. The van der Waals surface area contributed by atoms with E-state index in [4.69, 9.17) is 18.9 Å². The maximum Gasteiger partial charge on any atom is 0.220 e. The fraction of sp³-hybridized carbons (Fsp3) is 0.989. The molecule has 2 aliphatic heterocycles. The van der Waals surface area contributed by atoms with E-state index >= 15 is 0 Å². The highest BCUT2D eigenvalue weighted by Crippen LogP contribution is 2.31. The van der Waals surface area contributed by atoms with Gasteiger partial charge in [0.15, 0.2) is 12.6 Å². The van der Waals surface area contributed by atoms with Crippen molar-refractivity contribution in [2.24, 2.45) is 0 Å². The zero-order valence-corrected chi connectivity index (χ0v) is 67.9. The smallest absolute Gasteiger partial charge is 0.220 e. The lowest BCUT2D eigenvalue weighted by Crippen LogP contribution is -2.65. The van der Waals surface area contributed by atoms with Gasteiger partial charge in [-0.2, -0.15) is 0 Å². The number of carbonyl (C=O) groups excluding carboxylic acids is 1. The molecule has 0 aromatic carbocycles. The molecule has 103 heavy (non-hydrogen) atoms. The first-order valence-corrected chi connectivity index (χ1v) is 45.8. The third kappa shape index (κ3) is 56.0. The summed E-state index contributed by atoms with van der Waals surface area (Å²) in [7, 11) is 0. The van der Waals surface area contributed by atoms with Gasteiger partial charge in [-0.1, -0.05) is 450 Å². The number of carbonyl (C=O) groups is 1. The Morgan fingerprint density at radius 1 is 0.311 bits per heavy atom. The molecule has 2 rings (SSSR count). The molecular formula is C89H175NO13. The number of nitrogens with one attached hydrogen (secondary N) is 1. The summed E-state index contributed by atoms with van der Waals surface area (Å²) < 4.78 is 23.0. The van der Waals surface area contributed by atoms with Crippen LogP contribution in [0.15, 0.2) is 0 Å². The highest BCUT2D eigenvalue weighted by atomic mass is 16.7. The van der Waals surface area contributed by atoms with Gasteiger partial charge in [-0.3, -0.25) is 4.79 Å². The van der Waals surface area contributed by atoms with Crippen molar-refractivity contribution in [1.82, 2.24) is 5.32 Å². The number of rotatable bonds is 80. The highest BCUT2D eigenvalue weighted by molar-refractivity contribution is 5.76. The third-order valence-electron chi connectivity index (χ3n) is 23.1. The van der Waals surface area contributed by atoms with E-state index in [9.17, 15) is 45.6 Å². The Morgan fingerprint density at radius 2 is 0.553 bits per heavy atom. The molecule has 0 saturated carbocycles. The predicted molar refractivity (Wildman–Crippen MR) is 429 cm³/mol. The van der Waals surface area contributed by atoms with Gasteiger partial charge in [-0.05, 0) is 12.8 Å². The molecule has 12 unspecified atom stereocenters. The first-order chi connectivity index (χ1) is 50.6. The lowest BCUT2D eigenvalue weighted by Gasteiger charge is -2.46. The minimum absolute atomic E-state index is 0.193. The minimum atomic E-state index is -1.78.